The first-order valence-electron chi connectivity index (χ1n) is 8.48. The van der Waals surface area contributed by atoms with Gasteiger partial charge in [-0.25, -0.2) is 8.42 Å². The number of rotatable bonds is 4. The minimum absolute atomic E-state index is 0.120. The topological polar surface area (TPSA) is 68.2 Å². The maximum absolute atomic E-state index is 12.9. The molecule has 0 saturated heterocycles. The Bertz CT molecular complexity index is 1210. The summed E-state index contributed by atoms with van der Waals surface area (Å²) in [4.78, 5) is 11.5. The molecule has 1 heterocycles. The second kappa shape index (κ2) is 7.40. The Morgan fingerprint density at radius 1 is 0.897 bits per heavy atom. The number of sulfonamides is 1. The summed E-state index contributed by atoms with van der Waals surface area (Å²) < 4.78 is 67.9. The van der Waals surface area contributed by atoms with E-state index in [2.05, 4.69) is 4.72 Å². The van der Waals surface area contributed by atoms with E-state index < -0.39 is 21.8 Å². The summed E-state index contributed by atoms with van der Waals surface area (Å²) in [5, 5.41) is 0. The van der Waals surface area contributed by atoms with E-state index in [-0.39, 0.29) is 16.0 Å². The van der Waals surface area contributed by atoms with Gasteiger partial charge >= 0.3 is 6.18 Å². The second-order valence-corrected chi connectivity index (χ2v) is 8.17. The molecule has 152 valence electrons. The van der Waals surface area contributed by atoms with E-state index in [1.807, 2.05) is 0 Å². The number of benzene rings is 2. The Morgan fingerprint density at radius 3 is 2.14 bits per heavy atom. The number of nitrogens with one attached hydrogen (secondary N) is 1. The van der Waals surface area contributed by atoms with Crippen LogP contribution >= 0.6 is 0 Å². The first-order chi connectivity index (χ1) is 13.5. The van der Waals surface area contributed by atoms with E-state index in [1.54, 1.807) is 24.5 Å². The van der Waals surface area contributed by atoms with Crippen molar-refractivity contribution in [2.24, 2.45) is 0 Å². The van der Waals surface area contributed by atoms with E-state index in [9.17, 15) is 26.4 Å². The number of alkyl halides is 3. The normalized spacial score (nSPS) is 12.0. The molecule has 0 bridgehead atoms. The molecule has 0 fully saturated rings. The van der Waals surface area contributed by atoms with Gasteiger partial charge in [0.25, 0.3) is 10.0 Å². The van der Waals surface area contributed by atoms with E-state index in [0.717, 1.165) is 18.2 Å². The molecule has 9 heteroatoms. The molecule has 0 aliphatic carbocycles. The van der Waals surface area contributed by atoms with Gasteiger partial charge in [-0.15, -0.1) is 0 Å². The molecule has 0 unspecified atom stereocenters. The van der Waals surface area contributed by atoms with Crippen LogP contribution in [0.2, 0.25) is 0 Å². The standard InChI is InChI=1S/C20H17F3N2O3S/c1-13-9-18(26)10-14(2)25(13)17-7-4-8-19(12-17)29(27,28)24-16-6-3-5-15(11-16)20(21,22)23/h3-12,24H,1-2H3. The summed E-state index contributed by atoms with van der Waals surface area (Å²) in [5.41, 5.74) is 0.441. The SMILES string of the molecule is Cc1cc(=O)cc(C)n1-c1cccc(S(=O)(=O)Nc2cccc(C(F)(F)F)c2)c1. The number of anilines is 1. The van der Waals surface area contributed by atoms with Gasteiger partial charge in [0.1, 0.15) is 0 Å². The van der Waals surface area contributed by atoms with Crippen LogP contribution in [0.3, 0.4) is 0 Å². The minimum atomic E-state index is -4.58. The number of halogens is 3. The Morgan fingerprint density at radius 2 is 1.52 bits per heavy atom. The quantitative estimate of drug-likeness (QED) is 0.683. The van der Waals surface area contributed by atoms with Crippen LogP contribution in [0, 0.1) is 13.8 Å². The molecule has 0 saturated carbocycles. The van der Waals surface area contributed by atoms with E-state index in [4.69, 9.17) is 0 Å². The third kappa shape index (κ3) is 4.51. The first kappa shape index (κ1) is 20.7. The van der Waals surface area contributed by atoms with Crippen LogP contribution in [0.25, 0.3) is 5.69 Å². The summed E-state index contributed by atoms with van der Waals surface area (Å²) in [7, 11) is -4.13. The van der Waals surface area contributed by atoms with Gasteiger partial charge < -0.3 is 4.57 Å². The predicted octanol–water partition coefficient (Wildman–Crippen LogP) is 4.27. The molecular formula is C20H17F3N2O3S. The summed E-state index contributed by atoms with van der Waals surface area (Å²) >= 11 is 0. The monoisotopic (exact) mass is 422 g/mol. The number of nitrogens with zero attached hydrogens (tertiary/aromatic N) is 1. The van der Waals surface area contributed by atoms with Crippen molar-refractivity contribution in [3.05, 3.63) is 87.8 Å². The van der Waals surface area contributed by atoms with Crippen molar-refractivity contribution in [1.29, 1.82) is 0 Å². The molecule has 0 radical (unpaired) electrons. The first-order valence-corrected chi connectivity index (χ1v) is 9.96. The summed E-state index contributed by atoms with van der Waals surface area (Å²) in [6.45, 7) is 3.44. The number of pyridine rings is 1. The van der Waals surface area contributed by atoms with Crippen molar-refractivity contribution >= 4 is 15.7 Å². The molecule has 0 aliphatic heterocycles. The molecule has 3 aromatic rings. The molecule has 1 N–H and O–H groups in total. The zero-order valence-electron chi connectivity index (χ0n) is 15.5. The minimum Gasteiger partial charge on any atom is -0.318 e. The summed E-state index contributed by atoms with van der Waals surface area (Å²) in [6.07, 6.45) is -4.58. The molecule has 0 aliphatic rings. The number of aromatic nitrogens is 1. The number of hydrogen-bond acceptors (Lipinski definition) is 3. The highest BCUT2D eigenvalue weighted by Crippen LogP contribution is 2.31. The van der Waals surface area contributed by atoms with E-state index in [1.165, 1.54) is 36.4 Å². The van der Waals surface area contributed by atoms with Crippen LogP contribution in [0.1, 0.15) is 17.0 Å². The third-order valence-electron chi connectivity index (χ3n) is 4.24. The van der Waals surface area contributed by atoms with Gasteiger partial charge in [0.05, 0.1) is 10.5 Å². The molecule has 0 spiro atoms. The second-order valence-electron chi connectivity index (χ2n) is 6.49. The lowest BCUT2D eigenvalue weighted by atomic mass is 10.2. The lowest BCUT2D eigenvalue weighted by Gasteiger charge is -2.16. The summed E-state index contributed by atoms with van der Waals surface area (Å²) in [5.74, 6) is 0. The zero-order valence-corrected chi connectivity index (χ0v) is 16.3. The van der Waals surface area contributed by atoms with Crippen molar-refractivity contribution in [2.45, 2.75) is 24.9 Å². The molecule has 0 amide bonds. The van der Waals surface area contributed by atoms with Gasteiger partial charge in [-0.3, -0.25) is 9.52 Å². The molecule has 5 nitrogen and oxygen atoms in total. The summed E-state index contributed by atoms with van der Waals surface area (Å²) in [6, 6.07) is 12.7. The van der Waals surface area contributed by atoms with Crippen LogP contribution < -0.4 is 10.2 Å². The average molecular weight is 422 g/mol. The fraction of sp³-hybridized carbons (Fsp3) is 0.150. The van der Waals surface area contributed by atoms with Crippen LogP contribution in [0.5, 0.6) is 0 Å². The van der Waals surface area contributed by atoms with Crippen LogP contribution in [-0.2, 0) is 16.2 Å². The smallest absolute Gasteiger partial charge is 0.318 e. The molecular weight excluding hydrogens is 405 g/mol. The lowest BCUT2D eigenvalue weighted by Crippen LogP contribution is -2.15. The highest BCUT2D eigenvalue weighted by molar-refractivity contribution is 7.92. The van der Waals surface area contributed by atoms with Gasteiger partial charge in [0, 0.05) is 34.9 Å². The van der Waals surface area contributed by atoms with Gasteiger partial charge in [-0.05, 0) is 50.2 Å². The van der Waals surface area contributed by atoms with Crippen LogP contribution in [0.4, 0.5) is 18.9 Å². The van der Waals surface area contributed by atoms with Crippen LogP contribution in [-0.4, -0.2) is 13.0 Å². The molecule has 3 rings (SSSR count). The average Bonchev–Trinajstić information content (AvgIpc) is 2.60. The maximum Gasteiger partial charge on any atom is 0.416 e. The van der Waals surface area contributed by atoms with Crippen molar-refractivity contribution in [1.82, 2.24) is 4.57 Å². The Balaban J connectivity index is 2.00. The Kier molecular flexibility index (Phi) is 5.27. The van der Waals surface area contributed by atoms with Gasteiger partial charge in [-0.2, -0.15) is 13.2 Å². The van der Waals surface area contributed by atoms with Crippen molar-refractivity contribution in [3.8, 4) is 5.69 Å². The van der Waals surface area contributed by atoms with E-state index in [0.29, 0.717) is 17.1 Å². The Labute approximate surface area is 165 Å². The predicted molar refractivity (Wildman–Crippen MR) is 104 cm³/mol. The fourth-order valence-corrected chi connectivity index (χ4v) is 4.12. The van der Waals surface area contributed by atoms with Crippen molar-refractivity contribution in [2.75, 3.05) is 4.72 Å². The highest BCUT2D eigenvalue weighted by atomic mass is 32.2. The van der Waals surface area contributed by atoms with Crippen molar-refractivity contribution < 1.29 is 21.6 Å². The fourth-order valence-electron chi connectivity index (χ4n) is 3.03. The lowest BCUT2D eigenvalue weighted by molar-refractivity contribution is -0.137. The van der Waals surface area contributed by atoms with Crippen molar-refractivity contribution in [3.63, 3.8) is 0 Å². The molecule has 2 aromatic carbocycles. The zero-order chi connectivity index (χ0) is 21.4. The van der Waals surface area contributed by atoms with Gasteiger partial charge in [-0.1, -0.05) is 12.1 Å². The van der Waals surface area contributed by atoms with E-state index >= 15 is 0 Å². The number of aryl methyl sites for hydroxylation is 2. The Hall–Kier alpha value is -3.07. The molecule has 29 heavy (non-hydrogen) atoms. The molecule has 0 atom stereocenters. The van der Waals surface area contributed by atoms with Gasteiger partial charge in [0.2, 0.25) is 0 Å². The van der Waals surface area contributed by atoms with Gasteiger partial charge in [0.15, 0.2) is 5.43 Å². The molecule has 1 aromatic heterocycles. The largest absolute Gasteiger partial charge is 0.416 e. The maximum atomic E-state index is 12.9. The van der Waals surface area contributed by atoms with Crippen LogP contribution in [0.15, 0.2) is 70.4 Å². The third-order valence-corrected chi connectivity index (χ3v) is 5.61. The highest BCUT2D eigenvalue weighted by Gasteiger charge is 2.30. The number of hydrogen-bond donors (Lipinski definition) is 1.